The zero-order valence-electron chi connectivity index (χ0n) is 16.0. The minimum absolute atomic E-state index is 1.10. The predicted octanol–water partition coefficient (Wildman–Crippen LogP) is 6.56. The van der Waals surface area contributed by atoms with Crippen LogP contribution in [0, 0.1) is 0 Å². The fourth-order valence-corrected chi connectivity index (χ4v) is 3.66. The summed E-state index contributed by atoms with van der Waals surface area (Å²) in [5.74, 6) is 0. The van der Waals surface area contributed by atoms with Crippen molar-refractivity contribution in [2.24, 2.45) is 0 Å². The Morgan fingerprint density at radius 2 is 1.17 bits per heavy atom. The van der Waals surface area contributed by atoms with Crippen LogP contribution in [-0.4, -0.2) is 4.98 Å². The number of hydrogen-bond acceptors (Lipinski definition) is 1. The molecule has 0 spiro atoms. The van der Waals surface area contributed by atoms with Crippen LogP contribution in [0.3, 0.4) is 0 Å². The molecule has 1 heteroatoms. The first kappa shape index (κ1) is 18.7. The number of nitrogens with zero attached hydrogens (tertiary/aromatic N) is 1. The SMILES string of the molecule is CCCc1nc(-c2ccccc2)c(CCC)c(CCC)c1CCC. The topological polar surface area (TPSA) is 12.9 Å². The molecule has 1 aromatic heterocycles. The number of hydrogen-bond donors (Lipinski definition) is 0. The van der Waals surface area contributed by atoms with Crippen molar-refractivity contribution in [2.75, 3.05) is 0 Å². The Morgan fingerprint density at radius 1 is 0.625 bits per heavy atom. The van der Waals surface area contributed by atoms with E-state index >= 15 is 0 Å². The van der Waals surface area contributed by atoms with E-state index in [-0.39, 0.29) is 0 Å². The molecule has 1 nitrogen and oxygen atoms in total. The van der Waals surface area contributed by atoms with Crippen molar-refractivity contribution in [2.45, 2.75) is 79.1 Å². The highest BCUT2D eigenvalue weighted by atomic mass is 14.7. The van der Waals surface area contributed by atoms with Gasteiger partial charge in [0.25, 0.3) is 0 Å². The lowest BCUT2D eigenvalue weighted by Crippen LogP contribution is -2.10. The minimum Gasteiger partial charge on any atom is -0.252 e. The van der Waals surface area contributed by atoms with Crippen LogP contribution in [0.4, 0.5) is 0 Å². The van der Waals surface area contributed by atoms with Crippen LogP contribution in [0.5, 0.6) is 0 Å². The fourth-order valence-electron chi connectivity index (χ4n) is 3.66. The minimum atomic E-state index is 1.10. The molecule has 0 amide bonds. The van der Waals surface area contributed by atoms with E-state index in [0.717, 1.165) is 19.3 Å². The molecule has 24 heavy (non-hydrogen) atoms. The third-order valence-corrected chi connectivity index (χ3v) is 4.64. The summed E-state index contributed by atoms with van der Waals surface area (Å²) in [4.78, 5) is 5.21. The summed E-state index contributed by atoms with van der Waals surface area (Å²) in [7, 11) is 0. The monoisotopic (exact) mass is 323 g/mol. The highest BCUT2D eigenvalue weighted by Gasteiger charge is 2.18. The second-order valence-electron chi connectivity index (χ2n) is 6.71. The van der Waals surface area contributed by atoms with Crippen LogP contribution in [-0.2, 0) is 25.7 Å². The molecule has 1 heterocycles. The number of pyridine rings is 1. The molecule has 0 saturated carbocycles. The molecular formula is C23H33N. The summed E-state index contributed by atoms with van der Waals surface area (Å²) in [5.41, 5.74) is 8.54. The summed E-state index contributed by atoms with van der Waals surface area (Å²) in [6.45, 7) is 9.13. The number of benzene rings is 1. The van der Waals surface area contributed by atoms with Gasteiger partial charge in [0.15, 0.2) is 0 Å². The third-order valence-electron chi connectivity index (χ3n) is 4.64. The highest BCUT2D eigenvalue weighted by molar-refractivity contribution is 5.66. The Kier molecular flexibility index (Phi) is 7.49. The van der Waals surface area contributed by atoms with E-state index in [9.17, 15) is 0 Å². The van der Waals surface area contributed by atoms with E-state index in [1.807, 2.05) is 0 Å². The number of rotatable bonds is 9. The van der Waals surface area contributed by atoms with Gasteiger partial charge in [-0.1, -0.05) is 83.7 Å². The van der Waals surface area contributed by atoms with E-state index in [4.69, 9.17) is 4.98 Å². The predicted molar refractivity (Wildman–Crippen MR) is 106 cm³/mol. The average molecular weight is 324 g/mol. The van der Waals surface area contributed by atoms with E-state index < -0.39 is 0 Å². The van der Waals surface area contributed by atoms with Crippen LogP contribution in [0.2, 0.25) is 0 Å². The van der Waals surface area contributed by atoms with Gasteiger partial charge in [-0.25, -0.2) is 0 Å². The van der Waals surface area contributed by atoms with Gasteiger partial charge in [0.2, 0.25) is 0 Å². The van der Waals surface area contributed by atoms with Crippen molar-refractivity contribution in [3.8, 4) is 11.3 Å². The Balaban J connectivity index is 2.72. The molecule has 2 rings (SSSR count). The van der Waals surface area contributed by atoms with E-state index in [1.165, 1.54) is 54.6 Å². The maximum absolute atomic E-state index is 5.21. The Morgan fingerprint density at radius 3 is 1.75 bits per heavy atom. The number of aryl methyl sites for hydroxylation is 1. The van der Waals surface area contributed by atoms with Crippen molar-refractivity contribution < 1.29 is 0 Å². The molecule has 2 aromatic rings. The van der Waals surface area contributed by atoms with Crippen molar-refractivity contribution in [3.05, 3.63) is 52.7 Å². The molecule has 0 bridgehead atoms. The van der Waals surface area contributed by atoms with Crippen LogP contribution in [0.1, 0.15) is 75.8 Å². The third kappa shape index (κ3) is 4.26. The molecule has 0 aliphatic rings. The van der Waals surface area contributed by atoms with Gasteiger partial charge in [-0.05, 0) is 42.4 Å². The van der Waals surface area contributed by atoms with E-state index in [2.05, 4.69) is 58.0 Å². The van der Waals surface area contributed by atoms with E-state index in [1.54, 1.807) is 11.1 Å². The lowest BCUT2D eigenvalue weighted by atomic mass is 9.87. The van der Waals surface area contributed by atoms with Gasteiger partial charge in [0.1, 0.15) is 0 Å². The smallest absolute Gasteiger partial charge is 0.0740 e. The van der Waals surface area contributed by atoms with Crippen molar-refractivity contribution in [3.63, 3.8) is 0 Å². The zero-order chi connectivity index (χ0) is 17.4. The Bertz CT molecular complexity index is 628. The van der Waals surface area contributed by atoms with Crippen LogP contribution in [0.15, 0.2) is 30.3 Å². The molecule has 130 valence electrons. The normalized spacial score (nSPS) is 11.0. The van der Waals surface area contributed by atoms with Crippen LogP contribution >= 0.6 is 0 Å². The van der Waals surface area contributed by atoms with Crippen LogP contribution in [0.25, 0.3) is 11.3 Å². The highest BCUT2D eigenvalue weighted by Crippen LogP contribution is 2.32. The average Bonchev–Trinajstić information content (AvgIpc) is 2.60. The summed E-state index contributed by atoms with van der Waals surface area (Å²) in [6.07, 6.45) is 9.33. The van der Waals surface area contributed by atoms with Crippen molar-refractivity contribution >= 4 is 0 Å². The lowest BCUT2D eigenvalue weighted by molar-refractivity contribution is 0.778. The Hall–Kier alpha value is -1.63. The Labute approximate surface area is 148 Å². The standard InChI is InChI=1S/C23H33N/c1-5-12-19-20(13-6-2)22(15-8-4)24-23(21(19)14-7-3)18-16-10-9-11-17-18/h9-11,16-17H,5-8,12-15H2,1-4H3. The van der Waals surface area contributed by atoms with Gasteiger partial charge >= 0.3 is 0 Å². The molecule has 0 aliphatic heterocycles. The molecule has 0 unspecified atom stereocenters. The first-order valence-corrected chi connectivity index (χ1v) is 9.85. The maximum atomic E-state index is 5.21. The van der Waals surface area contributed by atoms with Gasteiger partial charge in [0.05, 0.1) is 5.69 Å². The van der Waals surface area contributed by atoms with Gasteiger partial charge in [-0.15, -0.1) is 0 Å². The zero-order valence-corrected chi connectivity index (χ0v) is 16.0. The van der Waals surface area contributed by atoms with Crippen LogP contribution < -0.4 is 0 Å². The molecular weight excluding hydrogens is 290 g/mol. The molecule has 0 N–H and O–H groups in total. The van der Waals surface area contributed by atoms with E-state index in [0.29, 0.717) is 0 Å². The molecule has 0 fully saturated rings. The molecule has 0 saturated heterocycles. The first-order chi connectivity index (χ1) is 11.8. The van der Waals surface area contributed by atoms with Gasteiger partial charge < -0.3 is 0 Å². The molecule has 1 aromatic carbocycles. The summed E-state index contributed by atoms with van der Waals surface area (Å²) in [5, 5.41) is 0. The molecule has 0 atom stereocenters. The first-order valence-electron chi connectivity index (χ1n) is 9.85. The van der Waals surface area contributed by atoms with Gasteiger partial charge in [-0.2, -0.15) is 0 Å². The van der Waals surface area contributed by atoms with Crippen molar-refractivity contribution in [1.29, 1.82) is 0 Å². The van der Waals surface area contributed by atoms with Crippen molar-refractivity contribution in [1.82, 2.24) is 4.98 Å². The summed E-state index contributed by atoms with van der Waals surface area (Å²) >= 11 is 0. The lowest BCUT2D eigenvalue weighted by Gasteiger charge is -2.21. The molecule has 0 radical (unpaired) electrons. The fraction of sp³-hybridized carbons (Fsp3) is 0.522. The quantitative estimate of drug-likeness (QED) is 0.509. The largest absolute Gasteiger partial charge is 0.252 e. The second kappa shape index (κ2) is 9.61. The van der Waals surface area contributed by atoms with Gasteiger partial charge in [-0.3, -0.25) is 4.98 Å². The van der Waals surface area contributed by atoms with Gasteiger partial charge in [0, 0.05) is 11.3 Å². The maximum Gasteiger partial charge on any atom is 0.0740 e. The summed E-state index contributed by atoms with van der Waals surface area (Å²) in [6, 6.07) is 10.8. The number of aromatic nitrogens is 1. The second-order valence-corrected chi connectivity index (χ2v) is 6.71. The summed E-state index contributed by atoms with van der Waals surface area (Å²) < 4.78 is 0. The molecule has 0 aliphatic carbocycles.